The molecule has 224 valence electrons. The summed E-state index contributed by atoms with van der Waals surface area (Å²) in [5, 5.41) is 8.17. The quantitative estimate of drug-likeness (QED) is 0.298. The van der Waals surface area contributed by atoms with Crippen LogP contribution in [0.25, 0.3) is 38.9 Å². The number of amides is 1. The molecule has 11 heteroatoms. The Morgan fingerprint density at radius 1 is 1.16 bits per heavy atom. The molecule has 2 aliphatic heterocycles. The number of carbonyl (C=O) groups excluding carboxylic acids is 1. The molecule has 0 saturated carbocycles. The molecule has 1 amide bonds. The first-order chi connectivity index (χ1) is 21.2. The van der Waals surface area contributed by atoms with Crippen molar-refractivity contribution in [1.29, 1.82) is 0 Å². The van der Waals surface area contributed by atoms with Crippen molar-refractivity contribution < 1.29 is 13.9 Å². The molecule has 0 radical (unpaired) electrons. The van der Waals surface area contributed by atoms with Crippen molar-refractivity contribution >= 4 is 33.7 Å². The summed E-state index contributed by atoms with van der Waals surface area (Å²) >= 11 is 0. The van der Waals surface area contributed by atoms with Crippen LogP contribution in [0, 0.1) is 19.7 Å². The average molecular weight is 594 g/mol. The average Bonchev–Trinajstić information content (AvgIpc) is 3.42. The number of fused-ring (bicyclic) bond motifs is 3. The summed E-state index contributed by atoms with van der Waals surface area (Å²) in [4.78, 5) is 39.9. The molecule has 1 unspecified atom stereocenters. The van der Waals surface area contributed by atoms with Crippen LogP contribution in [0.1, 0.15) is 36.5 Å². The predicted octanol–water partition coefficient (Wildman–Crippen LogP) is 4.80. The van der Waals surface area contributed by atoms with E-state index in [2.05, 4.69) is 35.6 Å². The van der Waals surface area contributed by atoms with E-state index in [1.165, 1.54) is 10.6 Å². The SMILES string of the molecule is C=CC(=O)N1CCN2c3nc(=O)n(-c4c(C)cccc4C(C)C)c4nc(-c5c(C)ccc6[nH]ncc56)c(F)c(c34)OCC2C1. The minimum Gasteiger partial charge on any atom is -0.487 e. The number of ether oxygens (including phenoxy) is 1. The van der Waals surface area contributed by atoms with Gasteiger partial charge in [0.15, 0.2) is 17.2 Å². The van der Waals surface area contributed by atoms with Crippen LogP contribution in [0.3, 0.4) is 0 Å². The summed E-state index contributed by atoms with van der Waals surface area (Å²) in [7, 11) is 0. The molecular weight excluding hydrogens is 561 g/mol. The van der Waals surface area contributed by atoms with E-state index in [0.717, 1.165) is 22.2 Å². The summed E-state index contributed by atoms with van der Waals surface area (Å²) in [5.74, 6) is -0.466. The number of aromatic amines is 1. The summed E-state index contributed by atoms with van der Waals surface area (Å²) in [6.45, 7) is 12.7. The number of H-pyrrole nitrogens is 1. The van der Waals surface area contributed by atoms with E-state index in [9.17, 15) is 9.59 Å². The summed E-state index contributed by atoms with van der Waals surface area (Å²) in [6, 6.07) is 9.30. The number of aromatic nitrogens is 5. The third-order valence-electron chi connectivity index (χ3n) is 8.75. The van der Waals surface area contributed by atoms with Crippen molar-refractivity contribution in [1.82, 2.24) is 29.6 Å². The van der Waals surface area contributed by atoms with Gasteiger partial charge in [0.25, 0.3) is 0 Å². The number of nitrogens with zero attached hydrogens (tertiary/aromatic N) is 6. The van der Waals surface area contributed by atoms with E-state index in [4.69, 9.17) is 9.72 Å². The van der Waals surface area contributed by atoms with E-state index in [1.54, 1.807) is 11.1 Å². The molecule has 3 aromatic heterocycles. The standard InChI is InChI=1S/C33H32FN7O3/c1-6-24(42)39-12-13-40-20(15-39)16-44-30-26-31(40)37-33(43)41(29-19(5)8-7-9-21(29)17(2)3)32(26)36-28(27(30)34)25-18(4)10-11-23-22(25)14-35-38-23/h6-11,14,17,20H,1,12-13,15-16H2,2-5H3,(H,35,38). The van der Waals surface area contributed by atoms with Crippen molar-refractivity contribution in [2.75, 3.05) is 31.1 Å². The Kier molecular flexibility index (Phi) is 6.49. The van der Waals surface area contributed by atoms with Crippen LogP contribution in [-0.4, -0.2) is 67.8 Å². The molecule has 1 fully saturated rings. The molecule has 1 atom stereocenters. The van der Waals surface area contributed by atoms with E-state index in [1.807, 2.05) is 49.1 Å². The van der Waals surface area contributed by atoms with E-state index in [0.29, 0.717) is 47.5 Å². The molecule has 1 N–H and O–H groups in total. The number of halogens is 1. The number of hydrogen-bond donors (Lipinski definition) is 1. The van der Waals surface area contributed by atoms with Crippen LogP contribution in [-0.2, 0) is 4.79 Å². The van der Waals surface area contributed by atoms with Gasteiger partial charge in [0.05, 0.1) is 23.4 Å². The summed E-state index contributed by atoms with van der Waals surface area (Å²) in [6.07, 6.45) is 2.93. The molecule has 5 aromatic rings. The second-order valence-electron chi connectivity index (χ2n) is 11.8. The molecule has 2 aliphatic rings. The van der Waals surface area contributed by atoms with Gasteiger partial charge < -0.3 is 14.5 Å². The molecule has 2 aromatic carbocycles. The van der Waals surface area contributed by atoms with Crippen LogP contribution in [0.2, 0.25) is 0 Å². The minimum absolute atomic E-state index is 0.0168. The van der Waals surface area contributed by atoms with E-state index < -0.39 is 11.5 Å². The second-order valence-corrected chi connectivity index (χ2v) is 11.8. The molecular formula is C33H32FN7O3. The zero-order valence-corrected chi connectivity index (χ0v) is 25.0. The lowest BCUT2D eigenvalue weighted by Gasteiger charge is -2.40. The number of anilines is 1. The predicted molar refractivity (Wildman–Crippen MR) is 167 cm³/mol. The first kappa shape index (κ1) is 27.8. The number of aryl methyl sites for hydroxylation is 2. The zero-order chi connectivity index (χ0) is 30.9. The fourth-order valence-corrected chi connectivity index (χ4v) is 6.57. The third kappa shape index (κ3) is 4.10. The Hall–Kier alpha value is -5.06. The Morgan fingerprint density at radius 3 is 2.75 bits per heavy atom. The fraction of sp³-hybridized carbons (Fsp3) is 0.303. The number of hydrogen-bond acceptors (Lipinski definition) is 7. The maximum Gasteiger partial charge on any atom is 0.355 e. The maximum absolute atomic E-state index is 16.9. The van der Waals surface area contributed by atoms with Crippen LogP contribution in [0.4, 0.5) is 10.2 Å². The largest absolute Gasteiger partial charge is 0.487 e. The topological polar surface area (TPSA) is 109 Å². The summed E-state index contributed by atoms with van der Waals surface area (Å²) in [5.41, 5.74) is 4.35. The first-order valence-corrected chi connectivity index (χ1v) is 14.7. The van der Waals surface area contributed by atoms with Gasteiger partial charge in [-0.3, -0.25) is 9.89 Å². The number of pyridine rings is 1. The van der Waals surface area contributed by atoms with E-state index >= 15 is 4.39 Å². The van der Waals surface area contributed by atoms with Gasteiger partial charge in [-0.2, -0.15) is 10.1 Å². The molecule has 44 heavy (non-hydrogen) atoms. The fourth-order valence-electron chi connectivity index (χ4n) is 6.57. The number of para-hydroxylation sites is 1. The Labute approximate surface area is 252 Å². The van der Waals surface area contributed by atoms with Crippen LogP contribution < -0.4 is 15.3 Å². The molecule has 5 heterocycles. The molecule has 0 bridgehead atoms. The number of piperazine rings is 1. The summed E-state index contributed by atoms with van der Waals surface area (Å²) < 4.78 is 24.7. The van der Waals surface area contributed by atoms with Gasteiger partial charge in [-0.1, -0.05) is 44.7 Å². The Morgan fingerprint density at radius 2 is 1.98 bits per heavy atom. The van der Waals surface area contributed by atoms with Crippen LogP contribution >= 0.6 is 0 Å². The van der Waals surface area contributed by atoms with Crippen molar-refractivity contribution in [2.24, 2.45) is 0 Å². The number of nitrogens with one attached hydrogen (secondary N) is 1. The highest BCUT2D eigenvalue weighted by Gasteiger charge is 2.38. The second kappa shape index (κ2) is 10.3. The highest BCUT2D eigenvalue weighted by molar-refractivity contribution is 6.01. The number of benzene rings is 2. The van der Waals surface area contributed by atoms with Crippen molar-refractivity contribution in [3.05, 3.63) is 82.2 Å². The van der Waals surface area contributed by atoms with Crippen LogP contribution in [0.5, 0.6) is 5.75 Å². The van der Waals surface area contributed by atoms with Crippen molar-refractivity contribution in [3.63, 3.8) is 0 Å². The van der Waals surface area contributed by atoms with Gasteiger partial charge in [-0.05, 0) is 48.6 Å². The Bertz CT molecular complexity index is 2060. The van der Waals surface area contributed by atoms with Gasteiger partial charge in [0, 0.05) is 30.6 Å². The molecule has 0 spiro atoms. The van der Waals surface area contributed by atoms with Gasteiger partial charge in [-0.25, -0.2) is 18.7 Å². The van der Waals surface area contributed by atoms with Gasteiger partial charge in [0.1, 0.15) is 23.5 Å². The van der Waals surface area contributed by atoms with Gasteiger partial charge >= 0.3 is 5.69 Å². The normalized spacial score (nSPS) is 16.3. The van der Waals surface area contributed by atoms with Gasteiger partial charge in [-0.15, -0.1) is 0 Å². The van der Waals surface area contributed by atoms with Crippen molar-refractivity contribution in [3.8, 4) is 22.7 Å². The lowest BCUT2D eigenvalue weighted by molar-refractivity contribution is -0.126. The minimum atomic E-state index is -0.643. The highest BCUT2D eigenvalue weighted by Crippen LogP contribution is 2.43. The number of rotatable bonds is 4. The van der Waals surface area contributed by atoms with Gasteiger partial charge in [0.2, 0.25) is 5.91 Å². The lowest BCUT2D eigenvalue weighted by Crippen LogP contribution is -2.56. The maximum atomic E-state index is 16.9. The Balaban J connectivity index is 1.59. The third-order valence-corrected chi connectivity index (χ3v) is 8.75. The first-order valence-electron chi connectivity index (χ1n) is 14.7. The van der Waals surface area contributed by atoms with Crippen LogP contribution in [0.15, 0.2) is 54.0 Å². The molecule has 7 rings (SSSR count). The highest BCUT2D eigenvalue weighted by atomic mass is 19.1. The zero-order valence-electron chi connectivity index (χ0n) is 25.0. The lowest BCUT2D eigenvalue weighted by atomic mass is 9.97. The molecule has 1 saturated heterocycles. The number of carbonyl (C=O) groups is 1. The smallest absolute Gasteiger partial charge is 0.355 e. The molecule has 10 nitrogen and oxygen atoms in total. The van der Waals surface area contributed by atoms with E-state index in [-0.39, 0.29) is 41.6 Å². The molecule has 0 aliphatic carbocycles. The van der Waals surface area contributed by atoms with Crippen molar-refractivity contribution in [2.45, 2.75) is 39.7 Å². The monoisotopic (exact) mass is 593 g/mol.